The number of rotatable bonds is 3. The molecule has 0 aromatic rings. The van der Waals surface area contributed by atoms with Crippen LogP contribution in [0.1, 0.15) is 26.2 Å². The number of aliphatic hydroxyl groups excluding tert-OH is 2. The van der Waals surface area contributed by atoms with Crippen LogP contribution in [0.15, 0.2) is 0 Å². The number of alkyl halides is 1. The largest absolute Gasteiger partial charge is 0.391 e. The molecule has 3 unspecified atom stereocenters. The summed E-state index contributed by atoms with van der Waals surface area (Å²) >= 11 is 3.41. The van der Waals surface area contributed by atoms with E-state index >= 15 is 0 Å². The summed E-state index contributed by atoms with van der Waals surface area (Å²) in [5, 5.41) is 18.5. The first-order chi connectivity index (χ1) is 5.13. The lowest BCUT2D eigenvalue weighted by molar-refractivity contribution is 0.0145. The Hall–Kier alpha value is 0.400. The summed E-state index contributed by atoms with van der Waals surface area (Å²) in [7, 11) is 0. The molecule has 0 saturated heterocycles. The first-order valence-electron chi connectivity index (χ1n) is 4.13. The number of hydrogen-bond donors (Lipinski definition) is 2. The van der Waals surface area contributed by atoms with Crippen LogP contribution in [0, 0.1) is 5.92 Å². The van der Waals surface area contributed by atoms with E-state index in [-0.39, 0.29) is 4.83 Å². The van der Waals surface area contributed by atoms with Gasteiger partial charge in [0.1, 0.15) is 0 Å². The Morgan fingerprint density at radius 3 is 2.18 bits per heavy atom. The van der Waals surface area contributed by atoms with Crippen molar-refractivity contribution in [1.82, 2.24) is 0 Å². The fraction of sp³-hybridized carbons (Fsp3) is 1.00. The first-order valence-corrected chi connectivity index (χ1v) is 5.04. The highest BCUT2D eigenvalue weighted by molar-refractivity contribution is 9.09. The fourth-order valence-corrected chi connectivity index (χ4v) is 2.27. The van der Waals surface area contributed by atoms with E-state index in [1.165, 1.54) is 19.3 Å². The minimum atomic E-state index is -0.625. The van der Waals surface area contributed by atoms with Crippen LogP contribution < -0.4 is 0 Å². The third-order valence-corrected chi connectivity index (χ3v) is 3.71. The molecule has 1 rings (SSSR count). The van der Waals surface area contributed by atoms with E-state index in [1.807, 2.05) is 0 Å². The quantitative estimate of drug-likeness (QED) is 0.708. The third kappa shape index (κ3) is 2.17. The molecule has 2 nitrogen and oxygen atoms in total. The summed E-state index contributed by atoms with van der Waals surface area (Å²) in [5.41, 5.74) is 0. The van der Waals surface area contributed by atoms with Crippen LogP contribution in [-0.4, -0.2) is 27.2 Å². The van der Waals surface area contributed by atoms with E-state index in [2.05, 4.69) is 15.9 Å². The van der Waals surface area contributed by atoms with Gasteiger partial charge in [0.25, 0.3) is 0 Å². The molecule has 0 bridgehead atoms. The standard InChI is InChI=1S/C8H15BrO2/c1-5(10)8(11)7(9)6-3-2-4-6/h5-8,10-11H,2-4H2,1H3. The molecule has 0 aromatic heterocycles. The second-order valence-corrected chi connectivity index (χ2v) is 4.42. The second-order valence-electron chi connectivity index (χ2n) is 3.37. The Balaban J connectivity index is 2.32. The maximum atomic E-state index is 9.43. The lowest BCUT2D eigenvalue weighted by Gasteiger charge is -2.33. The predicted molar refractivity (Wildman–Crippen MR) is 47.7 cm³/mol. The van der Waals surface area contributed by atoms with Crippen molar-refractivity contribution in [2.45, 2.75) is 43.2 Å². The SMILES string of the molecule is CC(O)C(O)C(Br)C1CCC1. The van der Waals surface area contributed by atoms with Crippen molar-refractivity contribution in [1.29, 1.82) is 0 Å². The summed E-state index contributed by atoms with van der Waals surface area (Å²) in [6.07, 6.45) is 2.39. The van der Waals surface area contributed by atoms with Crippen molar-refractivity contribution in [3.05, 3.63) is 0 Å². The molecule has 3 heteroatoms. The Bertz CT molecular complexity index is 123. The Labute approximate surface area is 75.7 Å². The molecule has 1 aliphatic rings. The van der Waals surface area contributed by atoms with Crippen LogP contribution in [0.25, 0.3) is 0 Å². The molecule has 0 heterocycles. The van der Waals surface area contributed by atoms with Crippen LogP contribution in [0.5, 0.6) is 0 Å². The molecule has 1 saturated carbocycles. The molecule has 2 N–H and O–H groups in total. The third-order valence-electron chi connectivity index (χ3n) is 2.42. The van der Waals surface area contributed by atoms with Crippen LogP contribution in [0.2, 0.25) is 0 Å². The molecule has 3 atom stereocenters. The summed E-state index contributed by atoms with van der Waals surface area (Å²) in [6, 6.07) is 0. The van der Waals surface area contributed by atoms with Gasteiger partial charge in [-0.2, -0.15) is 0 Å². The molecule has 0 aromatic carbocycles. The van der Waals surface area contributed by atoms with E-state index in [1.54, 1.807) is 6.92 Å². The monoisotopic (exact) mass is 222 g/mol. The van der Waals surface area contributed by atoms with E-state index in [4.69, 9.17) is 5.11 Å². The zero-order chi connectivity index (χ0) is 8.43. The van der Waals surface area contributed by atoms with Crippen molar-refractivity contribution < 1.29 is 10.2 Å². The predicted octanol–water partition coefficient (Wildman–Crippen LogP) is 1.29. The van der Waals surface area contributed by atoms with Gasteiger partial charge in [0.05, 0.1) is 12.2 Å². The molecular formula is C8H15BrO2. The van der Waals surface area contributed by atoms with Gasteiger partial charge in [-0.25, -0.2) is 0 Å². The van der Waals surface area contributed by atoms with Gasteiger partial charge in [-0.3, -0.25) is 0 Å². The molecule has 1 aliphatic carbocycles. The molecule has 0 amide bonds. The van der Waals surface area contributed by atoms with Crippen LogP contribution >= 0.6 is 15.9 Å². The molecule has 1 fully saturated rings. The molecule has 66 valence electrons. The zero-order valence-corrected chi connectivity index (χ0v) is 8.29. The van der Waals surface area contributed by atoms with Gasteiger partial charge in [-0.1, -0.05) is 22.4 Å². The van der Waals surface area contributed by atoms with Gasteiger partial charge in [0.2, 0.25) is 0 Å². The van der Waals surface area contributed by atoms with Crippen molar-refractivity contribution >= 4 is 15.9 Å². The molecular weight excluding hydrogens is 208 g/mol. The highest BCUT2D eigenvalue weighted by atomic mass is 79.9. The minimum Gasteiger partial charge on any atom is -0.391 e. The van der Waals surface area contributed by atoms with Crippen LogP contribution in [0.3, 0.4) is 0 Å². The number of hydrogen-bond acceptors (Lipinski definition) is 2. The van der Waals surface area contributed by atoms with Crippen molar-refractivity contribution in [2.75, 3.05) is 0 Å². The van der Waals surface area contributed by atoms with E-state index < -0.39 is 12.2 Å². The Kier molecular flexibility index (Phi) is 3.34. The average molecular weight is 223 g/mol. The van der Waals surface area contributed by atoms with E-state index in [0.717, 1.165) is 0 Å². The zero-order valence-electron chi connectivity index (χ0n) is 6.70. The van der Waals surface area contributed by atoms with Crippen LogP contribution in [0.4, 0.5) is 0 Å². The molecule has 11 heavy (non-hydrogen) atoms. The molecule has 0 spiro atoms. The lowest BCUT2D eigenvalue weighted by atomic mass is 9.80. The summed E-state index contributed by atoms with van der Waals surface area (Å²) < 4.78 is 0. The maximum Gasteiger partial charge on any atom is 0.0923 e. The smallest absolute Gasteiger partial charge is 0.0923 e. The van der Waals surface area contributed by atoms with Gasteiger partial charge in [0, 0.05) is 4.83 Å². The fourth-order valence-electron chi connectivity index (χ4n) is 1.30. The van der Waals surface area contributed by atoms with Crippen molar-refractivity contribution in [3.63, 3.8) is 0 Å². The van der Waals surface area contributed by atoms with E-state index in [9.17, 15) is 5.11 Å². The second kappa shape index (κ2) is 3.87. The summed E-state index contributed by atoms with van der Waals surface area (Å²) in [6.45, 7) is 1.62. The summed E-state index contributed by atoms with van der Waals surface area (Å²) in [5.74, 6) is 0.569. The first kappa shape index (κ1) is 9.49. The van der Waals surface area contributed by atoms with Crippen LogP contribution in [-0.2, 0) is 0 Å². The minimum absolute atomic E-state index is 0.0799. The Morgan fingerprint density at radius 2 is 1.91 bits per heavy atom. The van der Waals surface area contributed by atoms with Gasteiger partial charge >= 0.3 is 0 Å². The lowest BCUT2D eigenvalue weighted by Crippen LogP contribution is -2.39. The Morgan fingerprint density at radius 1 is 1.36 bits per heavy atom. The number of aliphatic hydroxyl groups is 2. The highest BCUT2D eigenvalue weighted by Gasteiger charge is 2.32. The van der Waals surface area contributed by atoms with Gasteiger partial charge in [0.15, 0.2) is 0 Å². The number of halogens is 1. The average Bonchev–Trinajstić information content (AvgIpc) is 1.82. The van der Waals surface area contributed by atoms with E-state index in [0.29, 0.717) is 5.92 Å². The maximum absolute atomic E-state index is 9.43. The molecule has 0 aliphatic heterocycles. The molecule has 0 radical (unpaired) electrons. The van der Waals surface area contributed by atoms with Gasteiger partial charge in [-0.15, -0.1) is 0 Å². The highest BCUT2D eigenvalue weighted by Crippen LogP contribution is 2.35. The van der Waals surface area contributed by atoms with Crippen molar-refractivity contribution in [2.24, 2.45) is 5.92 Å². The van der Waals surface area contributed by atoms with Crippen molar-refractivity contribution in [3.8, 4) is 0 Å². The topological polar surface area (TPSA) is 40.5 Å². The summed E-state index contributed by atoms with van der Waals surface area (Å²) in [4.78, 5) is 0.0799. The van der Waals surface area contributed by atoms with Gasteiger partial charge in [-0.05, 0) is 25.7 Å². The van der Waals surface area contributed by atoms with Gasteiger partial charge < -0.3 is 10.2 Å². The normalized spacial score (nSPS) is 27.3.